The van der Waals surface area contributed by atoms with E-state index < -0.39 is 16.3 Å². The molecule has 1 aliphatic heterocycles. The van der Waals surface area contributed by atoms with Crippen LogP contribution in [0, 0.1) is 0 Å². The van der Waals surface area contributed by atoms with Gasteiger partial charge in [0.25, 0.3) is 10.0 Å². The molecule has 1 unspecified atom stereocenters. The van der Waals surface area contributed by atoms with Gasteiger partial charge in [-0.15, -0.1) is 11.3 Å². The number of fused-ring (bicyclic) bond motifs is 1. The topological polar surface area (TPSA) is 97.4 Å². The van der Waals surface area contributed by atoms with Crippen LogP contribution in [0.1, 0.15) is 22.1 Å². The largest absolute Gasteiger partial charge is 0.434 e. The molecule has 0 aliphatic carbocycles. The third kappa shape index (κ3) is 3.14. The van der Waals surface area contributed by atoms with E-state index in [1.165, 1.54) is 29.7 Å². The van der Waals surface area contributed by atoms with E-state index in [0.717, 1.165) is 5.56 Å². The lowest BCUT2D eigenvalue weighted by atomic mass is 10.1. The number of ether oxygens (including phenoxy) is 1. The van der Waals surface area contributed by atoms with Gasteiger partial charge in [-0.25, -0.2) is 18.2 Å². The normalized spacial score (nSPS) is 16.0. The molecule has 3 aromatic rings. The van der Waals surface area contributed by atoms with Crippen molar-refractivity contribution in [2.45, 2.75) is 11.1 Å². The number of sulfonamides is 1. The van der Waals surface area contributed by atoms with Gasteiger partial charge in [0.1, 0.15) is 0 Å². The number of hydrogen-bond acceptors (Lipinski definition) is 7. The minimum Gasteiger partial charge on any atom is -0.434 e. The molecule has 1 aromatic heterocycles. The number of carbonyl (C=O) groups excluding carboxylic acids is 1. The number of nitrogens with zero attached hydrogens (tertiary/aromatic N) is 1. The molecule has 0 fully saturated rings. The van der Waals surface area contributed by atoms with Gasteiger partial charge in [0.2, 0.25) is 6.23 Å². The van der Waals surface area contributed by atoms with Crippen LogP contribution in [-0.2, 0) is 14.8 Å². The highest BCUT2D eigenvalue weighted by Crippen LogP contribution is 2.31. The summed E-state index contributed by atoms with van der Waals surface area (Å²) in [6.07, 6.45) is 0.922. The minimum atomic E-state index is -3.70. The van der Waals surface area contributed by atoms with Gasteiger partial charge in [0.15, 0.2) is 5.13 Å². The maximum Gasteiger partial charge on any atom is 0.340 e. The molecule has 26 heavy (non-hydrogen) atoms. The van der Waals surface area contributed by atoms with Crippen molar-refractivity contribution in [2.75, 3.05) is 10.0 Å². The fraction of sp³-hybridized carbons (Fsp3) is 0.0588. The summed E-state index contributed by atoms with van der Waals surface area (Å²) in [5, 5.41) is 5.08. The number of rotatable bonds is 5. The highest BCUT2D eigenvalue weighted by Gasteiger charge is 2.30. The number of anilines is 2. The zero-order valence-corrected chi connectivity index (χ0v) is 14.9. The third-order valence-electron chi connectivity index (χ3n) is 3.80. The lowest BCUT2D eigenvalue weighted by Crippen LogP contribution is -2.13. The molecule has 0 saturated heterocycles. The zero-order chi connectivity index (χ0) is 18.1. The fourth-order valence-electron chi connectivity index (χ4n) is 2.58. The van der Waals surface area contributed by atoms with Crippen molar-refractivity contribution in [3.63, 3.8) is 0 Å². The van der Waals surface area contributed by atoms with E-state index in [-0.39, 0.29) is 10.9 Å². The Balaban J connectivity index is 1.51. The molecule has 0 bridgehead atoms. The van der Waals surface area contributed by atoms with Crippen LogP contribution in [0.3, 0.4) is 0 Å². The quantitative estimate of drug-likeness (QED) is 0.653. The van der Waals surface area contributed by atoms with Crippen LogP contribution in [0.4, 0.5) is 10.8 Å². The van der Waals surface area contributed by atoms with Gasteiger partial charge in [-0.3, -0.25) is 4.72 Å². The molecule has 1 atom stereocenters. The maximum atomic E-state index is 12.3. The van der Waals surface area contributed by atoms with Crippen molar-refractivity contribution in [3.8, 4) is 0 Å². The number of hydrogen-bond donors (Lipinski definition) is 2. The second-order valence-electron chi connectivity index (χ2n) is 5.48. The number of esters is 1. The molecule has 9 heteroatoms. The van der Waals surface area contributed by atoms with Crippen molar-refractivity contribution in [3.05, 3.63) is 71.2 Å². The Morgan fingerprint density at radius 1 is 1.08 bits per heavy atom. The van der Waals surface area contributed by atoms with Crippen molar-refractivity contribution >= 4 is 38.1 Å². The first kappa shape index (κ1) is 16.6. The van der Waals surface area contributed by atoms with Crippen molar-refractivity contribution in [2.24, 2.45) is 0 Å². The van der Waals surface area contributed by atoms with Crippen LogP contribution in [0.2, 0.25) is 0 Å². The first-order valence-electron chi connectivity index (χ1n) is 7.62. The van der Waals surface area contributed by atoms with E-state index in [1.54, 1.807) is 29.6 Å². The summed E-state index contributed by atoms with van der Waals surface area (Å²) in [4.78, 5) is 15.9. The molecule has 4 rings (SSSR count). The molecule has 132 valence electrons. The number of nitrogens with one attached hydrogen (secondary N) is 2. The van der Waals surface area contributed by atoms with Gasteiger partial charge >= 0.3 is 5.97 Å². The van der Waals surface area contributed by atoms with Gasteiger partial charge in [0.05, 0.1) is 10.5 Å². The Labute approximate surface area is 153 Å². The standard InChI is InChI=1S/C17H13N3O4S2/c21-16-14-4-2-1-3-13(14)15(24-16)19-11-5-7-12(8-6-11)26(22,23)20-17-18-9-10-25-17/h1-10,15,19H,(H,18,20). The molecule has 0 spiro atoms. The minimum absolute atomic E-state index is 0.113. The predicted octanol–water partition coefficient (Wildman–Crippen LogP) is 3.23. The Bertz CT molecular complexity index is 1050. The Morgan fingerprint density at radius 2 is 1.85 bits per heavy atom. The average molecular weight is 387 g/mol. The number of cyclic esters (lactones) is 1. The molecule has 2 aromatic carbocycles. The van der Waals surface area contributed by atoms with E-state index in [9.17, 15) is 13.2 Å². The van der Waals surface area contributed by atoms with E-state index in [0.29, 0.717) is 16.4 Å². The van der Waals surface area contributed by atoms with Crippen LogP contribution in [0.5, 0.6) is 0 Å². The zero-order valence-electron chi connectivity index (χ0n) is 13.2. The summed E-state index contributed by atoms with van der Waals surface area (Å²) < 4.78 is 32.4. The second-order valence-corrected chi connectivity index (χ2v) is 8.06. The Hall–Kier alpha value is -2.91. The van der Waals surface area contributed by atoms with Gasteiger partial charge < -0.3 is 10.1 Å². The van der Waals surface area contributed by atoms with E-state index in [1.807, 2.05) is 12.1 Å². The summed E-state index contributed by atoms with van der Waals surface area (Å²) in [5.41, 5.74) is 1.91. The fourth-order valence-corrected chi connectivity index (χ4v) is 4.37. The molecule has 7 nitrogen and oxygen atoms in total. The molecule has 1 aliphatic rings. The molecular formula is C17H13N3O4S2. The highest BCUT2D eigenvalue weighted by atomic mass is 32.2. The van der Waals surface area contributed by atoms with Crippen LogP contribution in [0.25, 0.3) is 0 Å². The van der Waals surface area contributed by atoms with Crippen molar-refractivity contribution in [1.82, 2.24) is 4.98 Å². The maximum absolute atomic E-state index is 12.3. The predicted molar refractivity (Wildman–Crippen MR) is 97.6 cm³/mol. The summed E-state index contributed by atoms with van der Waals surface area (Å²) in [7, 11) is -3.70. The molecule has 0 saturated carbocycles. The summed E-state index contributed by atoms with van der Waals surface area (Å²) in [6.45, 7) is 0. The van der Waals surface area contributed by atoms with Gasteiger partial charge in [0, 0.05) is 22.8 Å². The third-order valence-corrected chi connectivity index (χ3v) is 5.98. The first-order valence-corrected chi connectivity index (χ1v) is 9.98. The van der Waals surface area contributed by atoms with Crippen LogP contribution in [0.15, 0.2) is 65.0 Å². The molecule has 0 radical (unpaired) electrons. The highest BCUT2D eigenvalue weighted by molar-refractivity contribution is 7.93. The van der Waals surface area contributed by atoms with Crippen LogP contribution < -0.4 is 10.0 Å². The SMILES string of the molecule is O=C1OC(Nc2ccc(S(=O)(=O)Nc3nccs3)cc2)c2ccccc21. The first-order chi connectivity index (χ1) is 12.5. The monoisotopic (exact) mass is 387 g/mol. The Morgan fingerprint density at radius 3 is 2.58 bits per heavy atom. The summed E-state index contributed by atoms with van der Waals surface area (Å²) in [6, 6.07) is 13.3. The lowest BCUT2D eigenvalue weighted by molar-refractivity contribution is 0.0437. The molecule has 2 N–H and O–H groups in total. The average Bonchev–Trinajstić information content (AvgIpc) is 3.24. The number of carbonyl (C=O) groups is 1. The lowest BCUT2D eigenvalue weighted by Gasteiger charge is -2.14. The van der Waals surface area contributed by atoms with Gasteiger partial charge in [-0.2, -0.15) is 0 Å². The summed E-state index contributed by atoms with van der Waals surface area (Å²) >= 11 is 1.20. The van der Waals surface area contributed by atoms with Crippen molar-refractivity contribution < 1.29 is 17.9 Å². The van der Waals surface area contributed by atoms with Crippen LogP contribution in [-0.4, -0.2) is 19.4 Å². The molecule has 2 heterocycles. The number of thiazole rings is 1. The summed E-state index contributed by atoms with van der Waals surface area (Å²) in [5.74, 6) is -0.384. The van der Waals surface area contributed by atoms with E-state index in [4.69, 9.17) is 4.74 Å². The van der Waals surface area contributed by atoms with Crippen LogP contribution >= 0.6 is 11.3 Å². The van der Waals surface area contributed by atoms with Gasteiger partial charge in [-0.1, -0.05) is 18.2 Å². The molecular weight excluding hydrogens is 374 g/mol. The second kappa shape index (κ2) is 6.43. The van der Waals surface area contributed by atoms with Crippen molar-refractivity contribution in [1.29, 1.82) is 0 Å². The smallest absolute Gasteiger partial charge is 0.340 e. The number of aromatic nitrogens is 1. The molecule has 0 amide bonds. The van der Waals surface area contributed by atoms with Gasteiger partial charge in [-0.05, 0) is 30.3 Å². The number of benzene rings is 2. The Kier molecular flexibility index (Phi) is 4.09. The van der Waals surface area contributed by atoms with E-state index >= 15 is 0 Å². The van der Waals surface area contributed by atoms with E-state index in [2.05, 4.69) is 15.0 Å².